The summed E-state index contributed by atoms with van der Waals surface area (Å²) in [6, 6.07) is 6.11. The fraction of sp³-hybridized carbons (Fsp3) is 0.688. The zero-order chi connectivity index (χ0) is 13.0. The van der Waals surface area contributed by atoms with E-state index in [0.717, 1.165) is 18.0 Å². The molecule has 1 nitrogen and oxygen atoms in total. The van der Waals surface area contributed by atoms with Crippen LogP contribution in [0.4, 0.5) is 0 Å². The minimum atomic E-state index is 0.234. The maximum atomic E-state index is 6.78. The smallest absolute Gasteiger partial charge is 0.0447 e. The number of halogens is 1. The van der Waals surface area contributed by atoms with E-state index in [1.165, 1.54) is 32.1 Å². The van der Waals surface area contributed by atoms with E-state index in [0.29, 0.717) is 5.41 Å². The third-order valence-electron chi connectivity index (χ3n) is 4.19. The van der Waals surface area contributed by atoms with Crippen molar-refractivity contribution < 1.29 is 0 Å². The van der Waals surface area contributed by atoms with Crippen LogP contribution in [0.25, 0.3) is 0 Å². The quantitative estimate of drug-likeness (QED) is 0.695. The second-order valence-corrected chi connectivity index (χ2v) is 6.69. The van der Waals surface area contributed by atoms with Crippen LogP contribution in [0.2, 0.25) is 0 Å². The molecule has 1 aromatic heterocycles. The summed E-state index contributed by atoms with van der Waals surface area (Å²) in [7, 11) is 0. The van der Waals surface area contributed by atoms with Crippen LogP contribution in [0.15, 0.2) is 24.4 Å². The van der Waals surface area contributed by atoms with Crippen LogP contribution in [-0.2, 0) is 6.42 Å². The first-order valence-corrected chi connectivity index (χ1v) is 7.60. The van der Waals surface area contributed by atoms with E-state index in [1.807, 2.05) is 12.3 Å². The standard InChI is InChI=1S/C16H24ClN/c1-13(2)12-16(8-4-5-9-16)15(17)11-14-7-3-6-10-18-14/h3,6-7,10,13,15H,4-5,8-9,11-12H2,1-2H3. The molecule has 1 aliphatic carbocycles. The number of aromatic nitrogens is 1. The van der Waals surface area contributed by atoms with Crippen molar-refractivity contribution >= 4 is 11.6 Å². The summed E-state index contributed by atoms with van der Waals surface area (Å²) in [5, 5.41) is 0.234. The fourth-order valence-electron chi connectivity index (χ4n) is 3.46. The van der Waals surface area contributed by atoms with Crippen molar-refractivity contribution in [3.8, 4) is 0 Å². The van der Waals surface area contributed by atoms with Crippen LogP contribution in [0.1, 0.15) is 51.6 Å². The molecule has 0 aromatic carbocycles. The van der Waals surface area contributed by atoms with Crippen molar-refractivity contribution in [2.45, 2.75) is 57.7 Å². The van der Waals surface area contributed by atoms with E-state index in [-0.39, 0.29) is 5.38 Å². The molecule has 1 aliphatic rings. The molecule has 1 atom stereocenters. The van der Waals surface area contributed by atoms with Crippen molar-refractivity contribution in [2.24, 2.45) is 11.3 Å². The van der Waals surface area contributed by atoms with Gasteiger partial charge in [-0.3, -0.25) is 4.98 Å². The molecule has 0 N–H and O–H groups in total. The lowest BCUT2D eigenvalue weighted by atomic mass is 9.74. The van der Waals surface area contributed by atoms with E-state index in [1.54, 1.807) is 0 Å². The Morgan fingerprint density at radius 3 is 2.56 bits per heavy atom. The molecule has 100 valence electrons. The van der Waals surface area contributed by atoms with Crippen molar-refractivity contribution in [2.75, 3.05) is 0 Å². The van der Waals surface area contributed by atoms with Gasteiger partial charge in [0.2, 0.25) is 0 Å². The molecule has 0 bridgehead atoms. The first-order valence-electron chi connectivity index (χ1n) is 7.16. The van der Waals surface area contributed by atoms with Crippen LogP contribution >= 0.6 is 11.6 Å². The Bertz CT molecular complexity index is 355. The third kappa shape index (κ3) is 3.26. The highest BCUT2D eigenvalue weighted by Gasteiger charge is 2.40. The van der Waals surface area contributed by atoms with Gasteiger partial charge in [0.05, 0.1) is 0 Å². The molecule has 1 saturated carbocycles. The fourth-order valence-corrected chi connectivity index (χ4v) is 3.92. The minimum Gasteiger partial charge on any atom is -0.261 e. The summed E-state index contributed by atoms with van der Waals surface area (Å²) in [5.41, 5.74) is 1.49. The molecule has 2 rings (SSSR count). The molecule has 18 heavy (non-hydrogen) atoms. The average Bonchev–Trinajstić information content (AvgIpc) is 2.79. The summed E-state index contributed by atoms with van der Waals surface area (Å²) in [4.78, 5) is 4.42. The Kier molecular flexibility index (Phi) is 4.66. The highest BCUT2D eigenvalue weighted by atomic mass is 35.5. The maximum absolute atomic E-state index is 6.78. The van der Waals surface area contributed by atoms with E-state index >= 15 is 0 Å². The highest BCUT2D eigenvalue weighted by molar-refractivity contribution is 6.21. The molecule has 0 saturated heterocycles. The van der Waals surface area contributed by atoms with Crippen LogP contribution in [0, 0.1) is 11.3 Å². The van der Waals surface area contributed by atoms with Crippen LogP contribution in [0.3, 0.4) is 0 Å². The highest BCUT2D eigenvalue weighted by Crippen LogP contribution is 2.48. The second kappa shape index (κ2) is 6.06. The van der Waals surface area contributed by atoms with Crippen LogP contribution in [0.5, 0.6) is 0 Å². The Hall–Kier alpha value is -0.560. The van der Waals surface area contributed by atoms with Gasteiger partial charge in [0.25, 0.3) is 0 Å². The van der Waals surface area contributed by atoms with Gasteiger partial charge in [-0.05, 0) is 42.7 Å². The maximum Gasteiger partial charge on any atom is 0.0447 e. The third-order valence-corrected chi connectivity index (χ3v) is 4.81. The lowest BCUT2D eigenvalue weighted by Crippen LogP contribution is -2.32. The molecule has 2 heteroatoms. The van der Waals surface area contributed by atoms with E-state index in [4.69, 9.17) is 11.6 Å². The molecule has 0 radical (unpaired) electrons. The SMILES string of the molecule is CC(C)CC1(C(Cl)Cc2ccccn2)CCCC1. The van der Waals surface area contributed by atoms with E-state index < -0.39 is 0 Å². The molecule has 0 aliphatic heterocycles. The molecule has 1 aromatic rings. The van der Waals surface area contributed by atoms with Gasteiger partial charge in [-0.2, -0.15) is 0 Å². The predicted octanol–water partition coefficient (Wildman–Crippen LogP) is 4.84. The number of pyridine rings is 1. The summed E-state index contributed by atoms with van der Waals surface area (Å²) in [6.45, 7) is 4.62. The Morgan fingerprint density at radius 1 is 1.28 bits per heavy atom. The van der Waals surface area contributed by atoms with Crippen molar-refractivity contribution in [3.63, 3.8) is 0 Å². The lowest BCUT2D eigenvalue weighted by molar-refractivity contribution is 0.220. The Labute approximate surface area is 116 Å². The summed E-state index contributed by atoms with van der Waals surface area (Å²) >= 11 is 6.78. The zero-order valence-corrected chi connectivity index (χ0v) is 12.3. The summed E-state index contributed by atoms with van der Waals surface area (Å²) in [5.74, 6) is 0.730. The summed E-state index contributed by atoms with van der Waals surface area (Å²) < 4.78 is 0. The first kappa shape index (κ1) is 13.9. The normalized spacial score (nSPS) is 20.2. The Balaban J connectivity index is 2.06. The van der Waals surface area contributed by atoms with Gasteiger partial charge in [-0.25, -0.2) is 0 Å². The average molecular weight is 266 g/mol. The number of hydrogen-bond donors (Lipinski definition) is 0. The predicted molar refractivity (Wildman–Crippen MR) is 77.9 cm³/mol. The molecule has 1 fully saturated rings. The Morgan fingerprint density at radius 2 is 2.00 bits per heavy atom. The number of hydrogen-bond acceptors (Lipinski definition) is 1. The summed E-state index contributed by atoms with van der Waals surface area (Å²) in [6.07, 6.45) is 9.32. The monoisotopic (exact) mass is 265 g/mol. The van der Waals surface area contributed by atoms with Gasteiger partial charge < -0.3 is 0 Å². The van der Waals surface area contributed by atoms with Crippen molar-refractivity contribution in [1.82, 2.24) is 4.98 Å². The van der Waals surface area contributed by atoms with E-state index in [9.17, 15) is 0 Å². The molecular formula is C16H24ClN. The van der Waals surface area contributed by atoms with Gasteiger partial charge in [-0.1, -0.05) is 32.8 Å². The number of alkyl halides is 1. The van der Waals surface area contributed by atoms with Crippen molar-refractivity contribution in [3.05, 3.63) is 30.1 Å². The van der Waals surface area contributed by atoms with Crippen LogP contribution in [-0.4, -0.2) is 10.4 Å². The molecule has 1 heterocycles. The van der Waals surface area contributed by atoms with Gasteiger partial charge in [0.1, 0.15) is 0 Å². The van der Waals surface area contributed by atoms with Crippen molar-refractivity contribution in [1.29, 1.82) is 0 Å². The topological polar surface area (TPSA) is 12.9 Å². The van der Waals surface area contributed by atoms with Gasteiger partial charge >= 0.3 is 0 Å². The molecule has 0 spiro atoms. The van der Waals surface area contributed by atoms with Gasteiger partial charge in [-0.15, -0.1) is 11.6 Å². The van der Waals surface area contributed by atoms with Gasteiger partial charge in [0, 0.05) is 23.7 Å². The number of rotatable bonds is 5. The lowest BCUT2D eigenvalue weighted by Gasteiger charge is -2.35. The molecular weight excluding hydrogens is 242 g/mol. The largest absolute Gasteiger partial charge is 0.261 e. The van der Waals surface area contributed by atoms with E-state index in [2.05, 4.69) is 31.0 Å². The minimum absolute atomic E-state index is 0.234. The first-order chi connectivity index (χ1) is 8.62. The number of nitrogens with zero attached hydrogens (tertiary/aromatic N) is 1. The van der Waals surface area contributed by atoms with Gasteiger partial charge in [0.15, 0.2) is 0 Å². The molecule has 1 unspecified atom stereocenters. The second-order valence-electron chi connectivity index (χ2n) is 6.16. The molecule has 0 amide bonds. The van der Waals surface area contributed by atoms with Crippen LogP contribution < -0.4 is 0 Å². The zero-order valence-electron chi connectivity index (χ0n) is 11.5.